The molecule has 4 N–H and O–H groups in total. The molecule has 3 aliphatic heterocycles. The predicted octanol–water partition coefficient (Wildman–Crippen LogP) is 2.64. The Kier molecular flexibility index (Phi) is 7.15. The number of para-hydroxylation sites is 1. The summed E-state index contributed by atoms with van der Waals surface area (Å²) in [6.07, 6.45) is -1.18. The molecule has 0 spiro atoms. The third-order valence-corrected chi connectivity index (χ3v) is 7.66. The SMILES string of the molecule is CC1SC(N2CCOCC2)=C(C(=N)OC(N)=NC2N=C(c3ccccc3)c3ccccc3NC2=O)N1C. The molecule has 5 rings (SSSR count). The third kappa shape index (κ3) is 5.18. The highest BCUT2D eigenvalue weighted by Gasteiger charge is 2.35. The first-order valence-electron chi connectivity index (χ1n) is 12.0. The van der Waals surface area contributed by atoms with Crippen molar-refractivity contribution in [3.8, 4) is 0 Å². The summed E-state index contributed by atoms with van der Waals surface area (Å²) in [5, 5.41) is 12.6. The van der Waals surface area contributed by atoms with E-state index in [0.717, 1.165) is 29.2 Å². The van der Waals surface area contributed by atoms with Gasteiger partial charge >= 0.3 is 0 Å². The Morgan fingerprint density at radius 2 is 1.89 bits per heavy atom. The fourth-order valence-electron chi connectivity index (χ4n) is 4.34. The lowest BCUT2D eigenvalue weighted by atomic mass is 10.0. The van der Waals surface area contributed by atoms with Crippen LogP contribution in [0.1, 0.15) is 18.1 Å². The van der Waals surface area contributed by atoms with Crippen LogP contribution in [0.4, 0.5) is 5.69 Å². The zero-order chi connectivity index (χ0) is 25.9. The minimum Gasteiger partial charge on any atom is -0.405 e. The first-order chi connectivity index (χ1) is 17.9. The molecule has 10 nitrogen and oxygen atoms in total. The Bertz CT molecular complexity index is 1290. The molecule has 11 heteroatoms. The average molecular weight is 520 g/mol. The number of rotatable bonds is 4. The second-order valence-corrected chi connectivity index (χ2v) is 10.0. The maximum atomic E-state index is 13.1. The quantitative estimate of drug-likeness (QED) is 0.418. The molecule has 192 valence electrons. The van der Waals surface area contributed by atoms with E-state index in [1.807, 2.05) is 66.5 Å². The van der Waals surface area contributed by atoms with Gasteiger partial charge in [-0.15, -0.1) is 0 Å². The zero-order valence-corrected chi connectivity index (χ0v) is 21.5. The standard InChI is InChI=1S/C26H29N7O3S/c1-16-32(2)21(25(37-16)33-12-14-35-15-13-33)22(27)36-26(28)31-23-24(34)29-19-11-7-6-10-18(19)20(30-23)17-8-4-3-5-9-17/h3-11,16,23,27H,12-15H2,1-2H3,(H2,28,31)(H,29,34). The molecule has 1 fully saturated rings. The minimum absolute atomic E-state index is 0.124. The van der Waals surface area contributed by atoms with Gasteiger partial charge in [0, 0.05) is 31.3 Å². The maximum absolute atomic E-state index is 13.1. The largest absolute Gasteiger partial charge is 0.405 e. The molecule has 3 heterocycles. The lowest BCUT2D eigenvalue weighted by Crippen LogP contribution is -2.37. The molecule has 0 aliphatic carbocycles. The number of amides is 1. The normalized spacial score (nSPS) is 22.3. The van der Waals surface area contributed by atoms with Crippen molar-refractivity contribution in [2.45, 2.75) is 18.5 Å². The highest BCUT2D eigenvalue weighted by Crippen LogP contribution is 2.39. The number of benzene rings is 2. The van der Waals surface area contributed by atoms with Crippen molar-refractivity contribution < 1.29 is 14.3 Å². The number of aliphatic imine (C=N–C) groups is 2. The van der Waals surface area contributed by atoms with Gasteiger partial charge < -0.3 is 30.3 Å². The van der Waals surface area contributed by atoms with Crippen LogP contribution in [0.15, 0.2) is 75.3 Å². The summed E-state index contributed by atoms with van der Waals surface area (Å²) in [5.74, 6) is -0.571. The lowest BCUT2D eigenvalue weighted by Gasteiger charge is -2.29. The van der Waals surface area contributed by atoms with Crippen LogP contribution in [-0.2, 0) is 14.3 Å². The monoisotopic (exact) mass is 519 g/mol. The Morgan fingerprint density at radius 3 is 2.65 bits per heavy atom. The van der Waals surface area contributed by atoms with Crippen LogP contribution in [0.3, 0.4) is 0 Å². The molecule has 2 atom stereocenters. The van der Waals surface area contributed by atoms with Gasteiger partial charge in [0.05, 0.1) is 30.0 Å². The van der Waals surface area contributed by atoms with Crippen molar-refractivity contribution in [2.24, 2.45) is 15.7 Å². The van der Waals surface area contributed by atoms with Crippen molar-refractivity contribution in [1.82, 2.24) is 9.80 Å². The summed E-state index contributed by atoms with van der Waals surface area (Å²) in [6, 6.07) is 16.7. The maximum Gasteiger partial charge on any atom is 0.291 e. The van der Waals surface area contributed by atoms with Crippen molar-refractivity contribution in [2.75, 3.05) is 38.7 Å². The molecule has 2 aromatic carbocycles. The summed E-state index contributed by atoms with van der Waals surface area (Å²) in [5.41, 5.74) is 9.65. The van der Waals surface area contributed by atoms with Gasteiger partial charge in [-0.3, -0.25) is 10.2 Å². The molecule has 3 aliphatic rings. The molecule has 1 saturated heterocycles. The van der Waals surface area contributed by atoms with Crippen molar-refractivity contribution in [3.05, 3.63) is 76.5 Å². The number of ether oxygens (including phenoxy) is 2. The third-order valence-electron chi connectivity index (χ3n) is 6.33. The molecule has 0 saturated carbocycles. The predicted molar refractivity (Wildman–Crippen MR) is 146 cm³/mol. The summed E-state index contributed by atoms with van der Waals surface area (Å²) in [6.45, 7) is 4.81. The van der Waals surface area contributed by atoms with Gasteiger partial charge in [-0.2, -0.15) is 4.99 Å². The number of likely N-dealkylation sites (N-methyl/N-ethyl adjacent to an activating group) is 1. The number of carbonyl (C=O) groups is 1. The van der Waals surface area contributed by atoms with Gasteiger partial charge in [-0.05, 0) is 13.0 Å². The van der Waals surface area contributed by atoms with Crippen molar-refractivity contribution >= 4 is 41.0 Å². The van der Waals surface area contributed by atoms with E-state index < -0.39 is 12.1 Å². The molecule has 2 unspecified atom stereocenters. The van der Waals surface area contributed by atoms with Gasteiger partial charge in [0.25, 0.3) is 11.9 Å². The molecular weight excluding hydrogens is 490 g/mol. The second-order valence-electron chi connectivity index (χ2n) is 8.73. The van der Waals surface area contributed by atoms with Gasteiger partial charge in [0.1, 0.15) is 10.7 Å². The van der Waals surface area contributed by atoms with Gasteiger partial charge in [0.15, 0.2) is 0 Å². The van der Waals surface area contributed by atoms with Crippen LogP contribution in [0.2, 0.25) is 0 Å². The Hall–Kier alpha value is -3.83. The number of fused-ring (bicyclic) bond motifs is 1. The number of amidine groups is 1. The van der Waals surface area contributed by atoms with E-state index in [9.17, 15) is 4.79 Å². The Balaban J connectivity index is 1.43. The zero-order valence-electron chi connectivity index (χ0n) is 20.7. The van der Waals surface area contributed by atoms with Crippen LogP contribution in [0.5, 0.6) is 0 Å². The van der Waals surface area contributed by atoms with Gasteiger partial charge in [-0.25, -0.2) is 4.99 Å². The van der Waals surface area contributed by atoms with Crippen LogP contribution in [0, 0.1) is 5.41 Å². The fraction of sp³-hybridized carbons (Fsp3) is 0.308. The number of nitrogens with two attached hydrogens (primary N) is 1. The average Bonchev–Trinajstić information content (AvgIpc) is 3.13. The van der Waals surface area contributed by atoms with Crippen LogP contribution < -0.4 is 11.1 Å². The van der Waals surface area contributed by atoms with E-state index in [1.54, 1.807) is 11.8 Å². The number of hydrogen-bond donors (Lipinski definition) is 3. The molecule has 0 bridgehead atoms. The molecule has 37 heavy (non-hydrogen) atoms. The minimum atomic E-state index is -1.18. The van der Waals surface area contributed by atoms with E-state index in [4.69, 9.17) is 20.6 Å². The first-order valence-corrected chi connectivity index (χ1v) is 12.9. The Morgan fingerprint density at radius 1 is 1.19 bits per heavy atom. The molecule has 1 amide bonds. The molecular formula is C26H29N7O3S. The number of benzodiazepines with no additional fused rings is 1. The number of anilines is 1. The first kappa shape index (κ1) is 24.8. The topological polar surface area (TPSA) is 129 Å². The van der Waals surface area contributed by atoms with Crippen molar-refractivity contribution in [1.29, 1.82) is 5.41 Å². The van der Waals surface area contributed by atoms with E-state index in [-0.39, 0.29) is 17.3 Å². The summed E-state index contributed by atoms with van der Waals surface area (Å²) in [7, 11) is 1.91. The number of carbonyl (C=O) groups excluding carboxylic acids is 1. The summed E-state index contributed by atoms with van der Waals surface area (Å²) in [4.78, 5) is 26.2. The Labute approximate surface area is 219 Å². The highest BCUT2D eigenvalue weighted by atomic mass is 32.2. The lowest BCUT2D eigenvalue weighted by molar-refractivity contribution is -0.117. The molecule has 2 aromatic rings. The van der Waals surface area contributed by atoms with E-state index in [1.165, 1.54) is 0 Å². The number of nitrogens with zero attached hydrogens (tertiary/aromatic N) is 4. The van der Waals surface area contributed by atoms with E-state index in [2.05, 4.69) is 27.1 Å². The van der Waals surface area contributed by atoms with Crippen LogP contribution in [0.25, 0.3) is 0 Å². The van der Waals surface area contributed by atoms with Gasteiger partial charge in [-0.1, -0.05) is 60.3 Å². The number of morpholine rings is 1. The van der Waals surface area contributed by atoms with E-state index in [0.29, 0.717) is 30.3 Å². The van der Waals surface area contributed by atoms with Crippen LogP contribution >= 0.6 is 11.8 Å². The molecule has 0 radical (unpaired) electrons. The smallest absolute Gasteiger partial charge is 0.291 e. The summed E-state index contributed by atoms with van der Waals surface area (Å²) >= 11 is 1.66. The number of nitrogens with one attached hydrogen (secondary N) is 2. The van der Waals surface area contributed by atoms with E-state index >= 15 is 0 Å². The van der Waals surface area contributed by atoms with Crippen molar-refractivity contribution in [3.63, 3.8) is 0 Å². The second kappa shape index (κ2) is 10.7. The number of thioether (sulfide) groups is 1. The molecule has 0 aromatic heterocycles. The number of hydrogen-bond acceptors (Lipinski definition) is 9. The fourth-order valence-corrected chi connectivity index (χ4v) is 5.60. The summed E-state index contributed by atoms with van der Waals surface area (Å²) < 4.78 is 11.2. The highest BCUT2D eigenvalue weighted by molar-refractivity contribution is 8.03. The van der Waals surface area contributed by atoms with Gasteiger partial charge in [0.2, 0.25) is 12.1 Å². The van der Waals surface area contributed by atoms with Crippen LogP contribution in [-0.4, -0.2) is 78.2 Å².